The van der Waals surface area contributed by atoms with Crippen molar-refractivity contribution in [3.8, 4) is 0 Å². The summed E-state index contributed by atoms with van der Waals surface area (Å²) >= 11 is 0. The van der Waals surface area contributed by atoms with Crippen LogP contribution in [0.3, 0.4) is 0 Å². The smallest absolute Gasteiger partial charge is 0.226 e. The standard InChI is InChI=1S/C25H36N4O2/c1-20-8-11-27-29(20)14-12-26-24(30)25(9-15-31-16-10-25)18-21-5-3-6-22(17-21)23-7-4-13-28(2)19-23/h3,5-6,8,11,17,23H,4,7,9-10,12-16,18-19H2,1-2H3,(H,26,30). The highest BCUT2D eigenvalue weighted by Crippen LogP contribution is 2.36. The molecule has 2 saturated heterocycles. The molecule has 0 bridgehead atoms. The van der Waals surface area contributed by atoms with E-state index in [2.05, 4.69) is 46.6 Å². The van der Waals surface area contributed by atoms with E-state index in [-0.39, 0.29) is 11.3 Å². The van der Waals surface area contributed by atoms with E-state index in [9.17, 15) is 4.79 Å². The molecule has 31 heavy (non-hydrogen) atoms. The molecule has 1 aromatic heterocycles. The molecule has 0 aliphatic carbocycles. The number of aromatic nitrogens is 2. The summed E-state index contributed by atoms with van der Waals surface area (Å²) in [4.78, 5) is 15.8. The third-order valence-electron chi connectivity index (χ3n) is 7.06. The van der Waals surface area contributed by atoms with Crippen LogP contribution in [0.15, 0.2) is 36.5 Å². The van der Waals surface area contributed by atoms with Gasteiger partial charge in [-0.25, -0.2) is 0 Å². The minimum Gasteiger partial charge on any atom is -0.381 e. The first-order valence-corrected chi connectivity index (χ1v) is 11.7. The van der Waals surface area contributed by atoms with Crippen molar-refractivity contribution in [3.63, 3.8) is 0 Å². The molecule has 2 aromatic rings. The molecular formula is C25H36N4O2. The quantitative estimate of drug-likeness (QED) is 0.742. The molecule has 1 unspecified atom stereocenters. The van der Waals surface area contributed by atoms with Gasteiger partial charge in [0.15, 0.2) is 0 Å². The Hall–Kier alpha value is -2.18. The second kappa shape index (κ2) is 9.96. The van der Waals surface area contributed by atoms with E-state index in [1.807, 2.05) is 17.7 Å². The lowest BCUT2D eigenvalue weighted by molar-refractivity contribution is -0.136. The Morgan fingerprint density at radius 1 is 1.29 bits per heavy atom. The van der Waals surface area contributed by atoms with Crippen LogP contribution in [0.5, 0.6) is 0 Å². The minimum absolute atomic E-state index is 0.156. The first-order valence-electron chi connectivity index (χ1n) is 11.7. The Kier molecular flexibility index (Phi) is 7.08. The Bertz CT molecular complexity index is 872. The van der Waals surface area contributed by atoms with Gasteiger partial charge in [-0.3, -0.25) is 9.48 Å². The number of ether oxygens (including phenoxy) is 1. The highest BCUT2D eigenvalue weighted by atomic mass is 16.5. The molecule has 168 valence electrons. The predicted octanol–water partition coefficient (Wildman–Crippen LogP) is 3.16. The SMILES string of the molecule is Cc1ccnn1CCNC(=O)C1(Cc2cccc(C3CCCN(C)C3)c2)CCOCC1. The number of amides is 1. The fourth-order valence-corrected chi connectivity index (χ4v) is 5.13. The summed E-state index contributed by atoms with van der Waals surface area (Å²) in [7, 11) is 2.21. The maximum Gasteiger partial charge on any atom is 0.226 e. The summed E-state index contributed by atoms with van der Waals surface area (Å²) in [5, 5.41) is 7.51. The zero-order valence-electron chi connectivity index (χ0n) is 19.0. The molecular weight excluding hydrogens is 388 g/mol. The molecule has 6 nitrogen and oxygen atoms in total. The summed E-state index contributed by atoms with van der Waals surface area (Å²) in [5.74, 6) is 0.749. The topological polar surface area (TPSA) is 59.4 Å². The molecule has 1 amide bonds. The zero-order valence-corrected chi connectivity index (χ0v) is 19.0. The monoisotopic (exact) mass is 424 g/mol. The third-order valence-corrected chi connectivity index (χ3v) is 7.06. The maximum absolute atomic E-state index is 13.4. The van der Waals surface area contributed by atoms with E-state index < -0.39 is 0 Å². The van der Waals surface area contributed by atoms with Gasteiger partial charge in [0.05, 0.1) is 12.0 Å². The van der Waals surface area contributed by atoms with Crippen LogP contribution in [0.2, 0.25) is 0 Å². The molecule has 1 atom stereocenters. The molecule has 1 aromatic carbocycles. The second-order valence-electron chi connectivity index (χ2n) is 9.37. The van der Waals surface area contributed by atoms with Gasteiger partial charge in [-0.05, 0) is 75.7 Å². The molecule has 2 aliphatic rings. The first-order chi connectivity index (χ1) is 15.1. The number of aryl methyl sites for hydroxylation is 1. The average molecular weight is 425 g/mol. The number of likely N-dealkylation sites (tertiary alicyclic amines) is 1. The first kappa shape index (κ1) is 22.0. The van der Waals surface area contributed by atoms with Crippen molar-refractivity contribution in [1.82, 2.24) is 20.0 Å². The van der Waals surface area contributed by atoms with Crippen molar-refractivity contribution in [2.75, 3.05) is 39.9 Å². The van der Waals surface area contributed by atoms with Crippen molar-refractivity contribution in [2.45, 2.75) is 51.5 Å². The summed E-state index contributed by atoms with van der Waals surface area (Å²) in [6, 6.07) is 11.0. The van der Waals surface area contributed by atoms with E-state index in [1.165, 1.54) is 30.5 Å². The van der Waals surface area contributed by atoms with Crippen molar-refractivity contribution in [2.24, 2.45) is 5.41 Å². The maximum atomic E-state index is 13.4. The molecule has 0 spiro atoms. The molecule has 3 heterocycles. The zero-order chi connectivity index (χ0) is 21.7. The Morgan fingerprint density at radius 2 is 2.13 bits per heavy atom. The van der Waals surface area contributed by atoms with Crippen molar-refractivity contribution < 1.29 is 9.53 Å². The largest absolute Gasteiger partial charge is 0.381 e. The Balaban J connectivity index is 1.44. The van der Waals surface area contributed by atoms with Crippen LogP contribution in [-0.4, -0.2) is 60.5 Å². The molecule has 2 fully saturated rings. The number of carbonyl (C=O) groups is 1. The third kappa shape index (κ3) is 5.36. The van der Waals surface area contributed by atoms with Crippen molar-refractivity contribution in [3.05, 3.63) is 53.3 Å². The fourth-order valence-electron chi connectivity index (χ4n) is 5.13. The normalized spacial score (nSPS) is 21.7. The lowest BCUT2D eigenvalue weighted by Gasteiger charge is -2.36. The molecule has 2 aliphatic heterocycles. The van der Waals surface area contributed by atoms with Gasteiger partial charge < -0.3 is 15.0 Å². The van der Waals surface area contributed by atoms with Crippen LogP contribution in [0.1, 0.15) is 48.4 Å². The van der Waals surface area contributed by atoms with Gasteiger partial charge in [-0.2, -0.15) is 5.10 Å². The lowest BCUT2D eigenvalue weighted by Crippen LogP contribution is -2.47. The summed E-state index contributed by atoms with van der Waals surface area (Å²) in [6.45, 7) is 6.94. The average Bonchev–Trinajstić information content (AvgIpc) is 3.19. The summed E-state index contributed by atoms with van der Waals surface area (Å²) in [5.41, 5.74) is 3.41. The number of carbonyl (C=O) groups excluding carboxylic acids is 1. The van der Waals surface area contributed by atoms with Crippen LogP contribution in [-0.2, 0) is 22.5 Å². The molecule has 1 N–H and O–H groups in total. The van der Waals surface area contributed by atoms with Gasteiger partial charge in [-0.15, -0.1) is 0 Å². The number of nitrogens with zero attached hydrogens (tertiary/aromatic N) is 3. The summed E-state index contributed by atoms with van der Waals surface area (Å²) in [6.07, 6.45) is 6.63. The van der Waals surface area contributed by atoms with E-state index in [1.54, 1.807) is 6.20 Å². The number of nitrogens with one attached hydrogen (secondary N) is 1. The molecule has 0 saturated carbocycles. The van der Waals surface area contributed by atoms with E-state index in [0.29, 0.717) is 32.2 Å². The van der Waals surface area contributed by atoms with E-state index in [0.717, 1.165) is 31.5 Å². The van der Waals surface area contributed by atoms with E-state index in [4.69, 9.17) is 4.74 Å². The summed E-state index contributed by atoms with van der Waals surface area (Å²) < 4.78 is 7.55. The highest BCUT2D eigenvalue weighted by molar-refractivity contribution is 5.83. The van der Waals surface area contributed by atoms with Gasteiger partial charge in [0.25, 0.3) is 0 Å². The van der Waals surface area contributed by atoms with Gasteiger partial charge in [-0.1, -0.05) is 24.3 Å². The molecule has 4 rings (SSSR count). The predicted molar refractivity (Wildman–Crippen MR) is 122 cm³/mol. The van der Waals surface area contributed by atoms with Gasteiger partial charge >= 0.3 is 0 Å². The van der Waals surface area contributed by atoms with Crippen LogP contribution < -0.4 is 5.32 Å². The highest BCUT2D eigenvalue weighted by Gasteiger charge is 2.40. The van der Waals surface area contributed by atoms with Gasteiger partial charge in [0.1, 0.15) is 0 Å². The number of rotatable bonds is 7. The lowest BCUT2D eigenvalue weighted by atomic mass is 9.74. The van der Waals surface area contributed by atoms with Gasteiger partial charge in [0, 0.05) is 38.2 Å². The van der Waals surface area contributed by atoms with Gasteiger partial charge in [0.2, 0.25) is 5.91 Å². The van der Waals surface area contributed by atoms with Crippen LogP contribution >= 0.6 is 0 Å². The van der Waals surface area contributed by atoms with Crippen LogP contribution in [0, 0.1) is 12.3 Å². The van der Waals surface area contributed by atoms with Crippen LogP contribution in [0.4, 0.5) is 0 Å². The molecule has 6 heteroatoms. The fraction of sp³-hybridized carbons (Fsp3) is 0.600. The minimum atomic E-state index is -0.389. The number of piperidine rings is 1. The van der Waals surface area contributed by atoms with Crippen LogP contribution in [0.25, 0.3) is 0 Å². The van der Waals surface area contributed by atoms with Crippen molar-refractivity contribution in [1.29, 1.82) is 0 Å². The van der Waals surface area contributed by atoms with Crippen molar-refractivity contribution >= 4 is 5.91 Å². The molecule has 0 radical (unpaired) electrons. The number of hydrogen-bond donors (Lipinski definition) is 1. The number of benzene rings is 1. The Morgan fingerprint density at radius 3 is 2.87 bits per heavy atom. The Labute approximate surface area is 186 Å². The van der Waals surface area contributed by atoms with E-state index >= 15 is 0 Å². The number of likely N-dealkylation sites (N-methyl/N-ethyl adjacent to an activating group) is 1. The second-order valence-corrected chi connectivity index (χ2v) is 9.37. The number of hydrogen-bond acceptors (Lipinski definition) is 4.